The van der Waals surface area contributed by atoms with Gasteiger partial charge in [-0.05, 0) is 73.9 Å². The van der Waals surface area contributed by atoms with Crippen LogP contribution in [0.1, 0.15) is 41.6 Å². The summed E-state index contributed by atoms with van der Waals surface area (Å²) in [5, 5.41) is 4.40. The number of fused-ring (bicyclic) bond motifs is 5. The summed E-state index contributed by atoms with van der Waals surface area (Å²) in [4.78, 5) is 37.6. The maximum atomic E-state index is 13.7. The zero-order chi connectivity index (χ0) is 31.3. The zero-order valence-corrected chi connectivity index (χ0v) is 25.8. The Kier molecular flexibility index (Phi) is 5.99. The van der Waals surface area contributed by atoms with Crippen LogP contribution in [0.25, 0.3) is 33.6 Å². The third-order valence-electron chi connectivity index (χ3n) is 10.3. The molecule has 3 N–H and O–H groups in total. The fourth-order valence-corrected chi connectivity index (χ4v) is 7.73. The molecule has 11 heteroatoms. The van der Waals surface area contributed by atoms with E-state index in [1.165, 1.54) is 12.8 Å². The third-order valence-corrected chi connectivity index (χ3v) is 10.3. The normalized spacial score (nSPS) is 21.8. The number of aryl methyl sites for hydroxylation is 1. The summed E-state index contributed by atoms with van der Waals surface area (Å²) in [5.74, 6) is 3.42. The molecule has 1 amide bonds. The highest BCUT2D eigenvalue weighted by Gasteiger charge is 2.47. The summed E-state index contributed by atoms with van der Waals surface area (Å²) in [6.07, 6.45) is 4.73. The predicted molar refractivity (Wildman–Crippen MR) is 173 cm³/mol. The number of imidazole rings is 1. The van der Waals surface area contributed by atoms with E-state index in [-0.39, 0.29) is 24.0 Å². The fourth-order valence-electron chi connectivity index (χ4n) is 7.73. The maximum absolute atomic E-state index is 13.7. The van der Waals surface area contributed by atoms with Crippen molar-refractivity contribution in [1.82, 2.24) is 24.0 Å². The number of benzene rings is 2. The van der Waals surface area contributed by atoms with Gasteiger partial charge in [0.1, 0.15) is 28.5 Å². The number of methoxy groups -OCH3 is 1. The smallest absolute Gasteiger partial charge is 0.315 e. The molecule has 4 aliphatic rings. The maximum Gasteiger partial charge on any atom is 0.315 e. The monoisotopic (exact) mass is 617 g/mol. The number of ether oxygens (including phenoxy) is 2. The van der Waals surface area contributed by atoms with Crippen LogP contribution in [0.3, 0.4) is 0 Å². The van der Waals surface area contributed by atoms with Gasteiger partial charge in [-0.15, -0.1) is 0 Å². The summed E-state index contributed by atoms with van der Waals surface area (Å²) in [5.41, 5.74) is 12.1. The number of aromatic nitrogens is 4. The molecule has 3 aromatic heterocycles. The number of hydrogen-bond donors (Lipinski definition) is 2. The van der Waals surface area contributed by atoms with Crippen LogP contribution in [0.5, 0.6) is 11.5 Å². The number of piperidine rings is 1. The van der Waals surface area contributed by atoms with Crippen LogP contribution in [0.15, 0.2) is 48.5 Å². The second-order valence-electron chi connectivity index (χ2n) is 13.3. The molecule has 2 saturated carbocycles. The Bertz CT molecular complexity index is 2090. The number of rotatable bonds is 7. The first-order chi connectivity index (χ1) is 22.3. The lowest BCUT2D eigenvalue weighted by Crippen LogP contribution is -2.41. The number of carbonyl (C=O) groups excluding carboxylic acids is 2. The number of likely N-dealkylation sites (tertiary alicyclic amines) is 1. The summed E-state index contributed by atoms with van der Waals surface area (Å²) in [6.45, 7) is 1.55. The minimum atomic E-state index is -0.234. The molecule has 3 atom stereocenters. The molecule has 2 unspecified atom stereocenters. The molecule has 2 bridgehead atoms. The largest absolute Gasteiger partial charge is 0.494 e. The first kappa shape index (κ1) is 27.4. The summed E-state index contributed by atoms with van der Waals surface area (Å²) < 4.78 is 15.5. The van der Waals surface area contributed by atoms with Gasteiger partial charge >= 0.3 is 5.97 Å². The molecule has 1 saturated heterocycles. The summed E-state index contributed by atoms with van der Waals surface area (Å²) >= 11 is 0. The number of amides is 1. The number of carbonyl (C=O) groups is 2. The average molecular weight is 618 g/mol. The summed E-state index contributed by atoms with van der Waals surface area (Å²) in [7, 11) is 3.63. The van der Waals surface area contributed by atoms with Gasteiger partial charge in [-0.25, -0.2) is 9.97 Å². The van der Waals surface area contributed by atoms with Gasteiger partial charge in [0.15, 0.2) is 5.82 Å². The number of anilines is 2. The third kappa shape index (κ3) is 4.28. The Balaban J connectivity index is 1.10. The minimum absolute atomic E-state index is 0.0105. The standard InChI is InChI=1S/C35H35N7O4/c1-40-32-24(11-22(13-28(32)45-2)35(44)42-17-21-6-9-25(42)31(21)36)38-34(40)26-12-20-7-10-29(39-33(20)41(26)16-18-3-4-18)37-23-8-5-19-14-30(43)46-27(19)15-23/h5,7-8,10-13,15,18,21,25,31H,3-4,6,9,14,16-17,36H2,1-2H3,(H,37,39)/t21?,25?,31-/m1/s1. The van der Waals surface area contributed by atoms with Gasteiger partial charge in [0, 0.05) is 60.5 Å². The number of nitrogens with zero attached hydrogens (tertiary/aromatic N) is 5. The van der Waals surface area contributed by atoms with Gasteiger partial charge in [0.25, 0.3) is 5.91 Å². The van der Waals surface area contributed by atoms with Crippen molar-refractivity contribution in [2.24, 2.45) is 24.6 Å². The molecule has 2 aromatic carbocycles. The van der Waals surface area contributed by atoms with Crippen molar-refractivity contribution in [1.29, 1.82) is 0 Å². The van der Waals surface area contributed by atoms with Crippen molar-refractivity contribution < 1.29 is 19.1 Å². The van der Waals surface area contributed by atoms with Gasteiger partial charge in [-0.1, -0.05) is 6.07 Å². The SMILES string of the molecule is COc1cc(C(=O)N2CC3CCC2[C@@H]3N)cc2nc(-c3cc4ccc(Nc5ccc6c(c5)OC(=O)C6)nc4n3CC3CC3)n(C)c12. The van der Waals surface area contributed by atoms with Crippen molar-refractivity contribution in [2.45, 2.75) is 50.7 Å². The number of nitrogens with one attached hydrogen (secondary N) is 1. The van der Waals surface area contributed by atoms with Crippen LogP contribution in [0.4, 0.5) is 11.5 Å². The first-order valence-electron chi connectivity index (χ1n) is 16.1. The Hall–Kier alpha value is -4.90. The average Bonchev–Trinajstić information content (AvgIpc) is 3.25. The van der Waals surface area contributed by atoms with Gasteiger partial charge in [0.2, 0.25) is 0 Å². The molecule has 0 spiro atoms. The van der Waals surface area contributed by atoms with E-state index < -0.39 is 0 Å². The molecule has 11 nitrogen and oxygen atoms in total. The molecule has 46 heavy (non-hydrogen) atoms. The van der Waals surface area contributed by atoms with Crippen LogP contribution in [0.2, 0.25) is 0 Å². The fraction of sp³-hybridized carbons (Fsp3) is 0.371. The van der Waals surface area contributed by atoms with E-state index in [2.05, 4.69) is 26.6 Å². The lowest BCUT2D eigenvalue weighted by Gasteiger charge is -2.27. The molecule has 3 fully saturated rings. The van der Waals surface area contributed by atoms with Gasteiger partial charge in [0.05, 0.1) is 24.7 Å². The highest BCUT2D eigenvalue weighted by Crippen LogP contribution is 2.40. The van der Waals surface area contributed by atoms with Gasteiger partial charge in [-0.3, -0.25) is 9.59 Å². The van der Waals surface area contributed by atoms with Crippen LogP contribution in [0, 0.1) is 11.8 Å². The Morgan fingerprint density at radius 2 is 1.96 bits per heavy atom. The molecule has 2 aliphatic carbocycles. The molecular weight excluding hydrogens is 582 g/mol. The van der Waals surface area contributed by atoms with Crippen molar-refractivity contribution >= 4 is 45.4 Å². The highest BCUT2D eigenvalue weighted by atomic mass is 16.5. The Morgan fingerprint density at radius 3 is 2.72 bits per heavy atom. The predicted octanol–water partition coefficient (Wildman–Crippen LogP) is 4.78. The second kappa shape index (κ2) is 10.1. The van der Waals surface area contributed by atoms with Crippen LogP contribution in [-0.2, 0) is 24.8 Å². The zero-order valence-electron chi connectivity index (χ0n) is 25.8. The Morgan fingerprint density at radius 1 is 1.09 bits per heavy atom. The number of nitrogens with two attached hydrogens (primary N) is 1. The van der Waals surface area contributed by atoms with Crippen molar-refractivity contribution in [3.05, 3.63) is 59.7 Å². The minimum Gasteiger partial charge on any atom is -0.494 e. The van der Waals surface area contributed by atoms with Gasteiger partial charge < -0.3 is 34.6 Å². The Labute approximate surface area is 265 Å². The van der Waals surface area contributed by atoms with E-state index >= 15 is 0 Å². The lowest BCUT2D eigenvalue weighted by atomic mass is 10.1. The van der Waals surface area contributed by atoms with Crippen LogP contribution >= 0.6 is 0 Å². The molecule has 2 aliphatic heterocycles. The van der Waals surface area contributed by atoms with Crippen molar-refractivity contribution in [3.8, 4) is 23.0 Å². The topological polar surface area (TPSA) is 130 Å². The molecule has 234 valence electrons. The van der Waals surface area contributed by atoms with Crippen LogP contribution < -0.4 is 20.5 Å². The first-order valence-corrected chi connectivity index (χ1v) is 16.1. The molecule has 0 radical (unpaired) electrons. The molecule has 5 heterocycles. The molecular formula is C35H35N7O4. The summed E-state index contributed by atoms with van der Waals surface area (Å²) in [6, 6.07) is 15.8. The second-order valence-corrected chi connectivity index (χ2v) is 13.3. The molecule has 5 aromatic rings. The van der Waals surface area contributed by atoms with E-state index in [1.807, 2.05) is 48.3 Å². The van der Waals surface area contributed by atoms with E-state index in [4.69, 9.17) is 25.2 Å². The quantitative estimate of drug-likeness (QED) is 0.197. The van der Waals surface area contributed by atoms with Crippen molar-refractivity contribution in [2.75, 3.05) is 19.0 Å². The number of pyridine rings is 1. The lowest BCUT2D eigenvalue weighted by molar-refractivity contribution is -0.131. The number of hydrogen-bond acceptors (Lipinski definition) is 8. The van der Waals surface area contributed by atoms with E-state index in [9.17, 15) is 9.59 Å². The van der Waals surface area contributed by atoms with Crippen molar-refractivity contribution in [3.63, 3.8) is 0 Å². The highest BCUT2D eigenvalue weighted by molar-refractivity contribution is 6.00. The van der Waals surface area contributed by atoms with E-state index in [0.717, 1.165) is 58.7 Å². The molecule has 9 rings (SSSR count). The van der Waals surface area contributed by atoms with E-state index in [1.54, 1.807) is 7.11 Å². The van der Waals surface area contributed by atoms with Crippen LogP contribution in [-0.4, -0.2) is 61.6 Å². The number of esters is 1. The van der Waals surface area contributed by atoms with Gasteiger partial charge in [-0.2, -0.15) is 0 Å². The van der Waals surface area contributed by atoms with E-state index in [0.29, 0.717) is 53.2 Å².